The number of carbonyl (C=O) groups is 1. The highest BCUT2D eigenvalue weighted by atomic mass is 19.1. The summed E-state index contributed by atoms with van der Waals surface area (Å²) in [5, 5.41) is 2.65. The average Bonchev–Trinajstić information content (AvgIpc) is 2.37. The van der Waals surface area contributed by atoms with Crippen molar-refractivity contribution in [3.8, 4) is 0 Å². The number of amides is 1. The minimum Gasteiger partial charge on any atom is -0.376 e. The van der Waals surface area contributed by atoms with Crippen LogP contribution in [0.2, 0.25) is 0 Å². The van der Waals surface area contributed by atoms with Crippen LogP contribution in [-0.2, 0) is 0 Å². The molecular formula is C15H14F2N2O. The number of hydrogen-bond donors (Lipinski definition) is 1. The smallest absolute Gasteiger partial charge is 0.255 e. The zero-order chi connectivity index (χ0) is 14.7. The lowest BCUT2D eigenvalue weighted by atomic mass is 10.2. The number of anilines is 2. The second-order valence-electron chi connectivity index (χ2n) is 4.52. The molecule has 0 radical (unpaired) electrons. The van der Waals surface area contributed by atoms with E-state index in [0.29, 0.717) is 5.69 Å². The number of benzene rings is 2. The summed E-state index contributed by atoms with van der Waals surface area (Å²) in [7, 11) is 3.68. The van der Waals surface area contributed by atoms with Gasteiger partial charge in [-0.15, -0.1) is 0 Å². The standard InChI is InChI=1S/C15H14F2N2O/c1-19(2)14-6-4-3-5-13(14)18-15(20)10-7-11(16)9-12(17)8-10/h3-9H,1-2H3,(H,18,20). The second kappa shape index (κ2) is 5.69. The summed E-state index contributed by atoms with van der Waals surface area (Å²) < 4.78 is 26.2. The van der Waals surface area contributed by atoms with Gasteiger partial charge in [-0.3, -0.25) is 4.79 Å². The zero-order valence-corrected chi connectivity index (χ0v) is 11.2. The van der Waals surface area contributed by atoms with Crippen LogP contribution in [0.15, 0.2) is 42.5 Å². The van der Waals surface area contributed by atoms with Gasteiger partial charge in [0.25, 0.3) is 5.91 Å². The summed E-state index contributed by atoms with van der Waals surface area (Å²) in [4.78, 5) is 13.9. The van der Waals surface area contributed by atoms with Crippen LogP contribution >= 0.6 is 0 Å². The lowest BCUT2D eigenvalue weighted by Gasteiger charge is -2.17. The average molecular weight is 276 g/mol. The molecule has 2 rings (SSSR count). The van der Waals surface area contributed by atoms with Crippen LogP contribution in [0.1, 0.15) is 10.4 Å². The van der Waals surface area contributed by atoms with E-state index in [1.54, 1.807) is 12.1 Å². The summed E-state index contributed by atoms with van der Waals surface area (Å²) >= 11 is 0. The first-order valence-corrected chi connectivity index (χ1v) is 6.01. The van der Waals surface area contributed by atoms with E-state index in [-0.39, 0.29) is 5.56 Å². The molecule has 104 valence electrons. The van der Waals surface area contributed by atoms with Gasteiger partial charge >= 0.3 is 0 Å². The molecule has 0 atom stereocenters. The molecule has 2 aromatic carbocycles. The fraction of sp³-hybridized carbons (Fsp3) is 0.133. The van der Waals surface area contributed by atoms with E-state index in [1.807, 2.05) is 31.1 Å². The minimum atomic E-state index is -0.781. The number of rotatable bonds is 3. The Hall–Kier alpha value is -2.43. The van der Waals surface area contributed by atoms with Gasteiger partial charge in [0.05, 0.1) is 11.4 Å². The third-order valence-corrected chi connectivity index (χ3v) is 2.76. The molecule has 1 N–H and O–H groups in total. The first kappa shape index (κ1) is 14.0. The molecule has 2 aromatic rings. The van der Waals surface area contributed by atoms with Crippen molar-refractivity contribution < 1.29 is 13.6 Å². The van der Waals surface area contributed by atoms with Gasteiger partial charge in [-0.1, -0.05) is 12.1 Å². The van der Waals surface area contributed by atoms with Crippen molar-refractivity contribution in [1.29, 1.82) is 0 Å². The molecule has 0 aromatic heterocycles. The molecule has 0 saturated carbocycles. The number of nitrogens with one attached hydrogen (secondary N) is 1. The quantitative estimate of drug-likeness (QED) is 0.933. The molecule has 0 aliphatic carbocycles. The van der Waals surface area contributed by atoms with Crippen LogP contribution in [0.25, 0.3) is 0 Å². The Balaban J connectivity index is 2.28. The summed E-state index contributed by atoms with van der Waals surface area (Å²) in [6, 6.07) is 9.89. The molecule has 0 bridgehead atoms. The molecule has 0 unspecified atom stereocenters. The van der Waals surface area contributed by atoms with Crippen LogP contribution in [0.4, 0.5) is 20.2 Å². The van der Waals surface area contributed by atoms with E-state index in [1.165, 1.54) is 0 Å². The van der Waals surface area contributed by atoms with Crippen LogP contribution in [0, 0.1) is 11.6 Å². The first-order valence-electron chi connectivity index (χ1n) is 6.01. The number of hydrogen-bond acceptors (Lipinski definition) is 2. The highest BCUT2D eigenvalue weighted by Crippen LogP contribution is 2.24. The SMILES string of the molecule is CN(C)c1ccccc1NC(=O)c1cc(F)cc(F)c1. The number of carbonyl (C=O) groups excluding carboxylic acids is 1. The number of nitrogens with zero attached hydrogens (tertiary/aromatic N) is 1. The van der Waals surface area contributed by atoms with Crippen molar-refractivity contribution >= 4 is 17.3 Å². The first-order chi connectivity index (χ1) is 9.47. The van der Waals surface area contributed by atoms with E-state index >= 15 is 0 Å². The number of para-hydroxylation sites is 2. The molecule has 0 aliphatic heterocycles. The van der Waals surface area contributed by atoms with Gasteiger partial charge in [0.15, 0.2) is 0 Å². The van der Waals surface area contributed by atoms with Gasteiger partial charge < -0.3 is 10.2 Å². The maximum atomic E-state index is 13.1. The highest BCUT2D eigenvalue weighted by Gasteiger charge is 2.12. The molecule has 0 heterocycles. The Labute approximate surface area is 115 Å². The zero-order valence-electron chi connectivity index (χ0n) is 11.2. The Morgan fingerprint density at radius 2 is 1.65 bits per heavy atom. The van der Waals surface area contributed by atoms with Crippen molar-refractivity contribution in [2.45, 2.75) is 0 Å². The fourth-order valence-electron chi connectivity index (χ4n) is 1.85. The van der Waals surface area contributed by atoms with E-state index in [0.717, 1.165) is 23.9 Å². The largest absolute Gasteiger partial charge is 0.376 e. The summed E-state index contributed by atoms with van der Waals surface area (Å²) in [6.07, 6.45) is 0. The highest BCUT2D eigenvalue weighted by molar-refractivity contribution is 6.05. The van der Waals surface area contributed by atoms with Crippen LogP contribution in [0.5, 0.6) is 0 Å². The van der Waals surface area contributed by atoms with Gasteiger partial charge in [0.1, 0.15) is 11.6 Å². The van der Waals surface area contributed by atoms with Crippen molar-refractivity contribution in [2.24, 2.45) is 0 Å². The maximum Gasteiger partial charge on any atom is 0.255 e. The molecule has 0 spiro atoms. The van der Waals surface area contributed by atoms with Gasteiger partial charge in [-0.05, 0) is 24.3 Å². The predicted octanol–water partition coefficient (Wildman–Crippen LogP) is 3.28. The third kappa shape index (κ3) is 3.12. The molecule has 3 nitrogen and oxygen atoms in total. The lowest BCUT2D eigenvalue weighted by Crippen LogP contribution is -2.17. The van der Waals surface area contributed by atoms with Crippen molar-refractivity contribution in [3.05, 3.63) is 59.7 Å². The fourth-order valence-corrected chi connectivity index (χ4v) is 1.85. The molecule has 5 heteroatoms. The summed E-state index contributed by atoms with van der Waals surface area (Å²) in [5.41, 5.74) is 1.32. The number of halogens is 2. The second-order valence-corrected chi connectivity index (χ2v) is 4.52. The van der Waals surface area contributed by atoms with Gasteiger partial charge in [-0.2, -0.15) is 0 Å². The third-order valence-electron chi connectivity index (χ3n) is 2.76. The predicted molar refractivity (Wildman–Crippen MR) is 75.1 cm³/mol. The summed E-state index contributed by atoms with van der Waals surface area (Å²) in [5.74, 6) is -2.12. The Kier molecular flexibility index (Phi) is 3.98. The molecule has 1 amide bonds. The normalized spacial score (nSPS) is 10.2. The molecule has 0 saturated heterocycles. The van der Waals surface area contributed by atoms with Crippen LogP contribution in [-0.4, -0.2) is 20.0 Å². The topological polar surface area (TPSA) is 32.3 Å². The lowest BCUT2D eigenvalue weighted by molar-refractivity contribution is 0.102. The molecule has 0 fully saturated rings. The van der Waals surface area contributed by atoms with E-state index in [4.69, 9.17) is 0 Å². The molecule has 0 aliphatic rings. The van der Waals surface area contributed by atoms with E-state index in [2.05, 4.69) is 5.32 Å². The monoisotopic (exact) mass is 276 g/mol. The van der Waals surface area contributed by atoms with Gasteiger partial charge in [-0.25, -0.2) is 8.78 Å². The van der Waals surface area contributed by atoms with Gasteiger partial charge in [0, 0.05) is 25.7 Å². The van der Waals surface area contributed by atoms with Crippen LogP contribution < -0.4 is 10.2 Å². The Bertz CT molecular complexity index is 621. The van der Waals surface area contributed by atoms with Crippen molar-refractivity contribution in [2.75, 3.05) is 24.3 Å². The Morgan fingerprint density at radius 3 is 2.25 bits per heavy atom. The molecule has 20 heavy (non-hydrogen) atoms. The van der Waals surface area contributed by atoms with E-state index < -0.39 is 17.5 Å². The summed E-state index contributed by atoms with van der Waals surface area (Å²) in [6.45, 7) is 0. The van der Waals surface area contributed by atoms with Crippen molar-refractivity contribution in [1.82, 2.24) is 0 Å². The van der Waals surface area contributed by atoms with Gasteiger partial charge in [0.2, 0.25) is 0 Å². The minimum absolute atomic E-state index is 0.0592. The van der Waals surface area contributed by atoms with Crippen molar-refractivity contribution in [3.63, 3.8) is 0 Å². The van der Waals surface area contributed by atoms with E-state index in [9.17, 15) is 13.6 Å². The maximum absolute atomic E-state index is 13.1. The molecular weight excluding hydrogens is 262 g/mol. The van der Waals surface area contributed by atoms with Crippen LogP contribution in [0.3, 0.4) is 0 Å². The Morgan fingerprint density at radius 1 is 1.05 bits per heavy atom.